The molecule has 0 aliphatic carbocycles. The van der Waals surface area contributed by atoms with Gasteiger partial charge in [0.05, 0.1) is 6.61 Å². The van der Waals surface area contributed by atoms with Crippen molar-refractivity contribution in [3.05, 3.63) is 24.3 Å². The van der Waals surface area contributed by atoms with Crippen LogP contribution in [0.1, 0.15) is 46.0 Å². The zero-order valence-electron chi connectivity index (χ0n) is 15.0. The van der Waals surface area contributed by atoms with Crippen LogP contribution >= 0.6 is 0 Å². The van der Waals surface area contributed by atoms with E-state index in [0.29, 0.717) is 6.61 Å². The number of nitrogens with one attached hydrogen (secondary N) is 1. The van der Waals surface area contributed by atoms with Crippen molar-refractivity contribution in [1.29, 1.82) is 0 Å². The first-order valence-electron chi connectivity index (χ1n) is 9.12. The van der Waals surface area contributed by atoms with Crippen molar-refractivity contribution in [3.8, 4) is 5.75 Å². The molecule has 0 spiro atoms. The van der Waals surface area contributed by atoms with E-state index in [2.05, 4.69) is 16.8 Å². The highest BCUT2D eigenvalue weighted by molar-refractivity contribution is 5.60. The maximum absolute atomic E-state index is 10.1. The number of nitrogens with zero attached hydrogens (tertiary/aromatic N) is 1. The molecule has 0 saturated carbocycles. The molecule has 24 heavy (non-hydrogen) atoms. The minimum absolute atomic E-state index is 0.0660. The van der Waals surface area contributed by atoms with E-state index in [1.807, 2.05) is 31.2 Å². The number of para-hydroxylation sites is 2. The zero-order chi connectivity index (χ0) is 17.2. The molecule has 1 saturated heterocycles. The second-order valence-electron chi connectivity index (χ2n) is 6.42. The quantitative estimate of drug-likeness (QED) is 0.435. The van der Waals surface area contributed by atoms with E-state index >= 15 is 0 Å². The summed E-state index contributed by atoms with van der Waals surface area (Å²) in [6.07, 6.45) is 5.68. The molecule has 1 atom stereocenters. The van der Waals surface area contributed by atoms with E-state index < -0.39 is 0 Å². The molecule has 1 heterocycles. The van der Waals surface area contributed by atoms with Gasteiger partial charge < -0.3 is 14.6 Å². The van der Waals surface area contributed by atoms with Crippen molar-refractivity contribution in [2.24, 2.45) is 0 Å². The van der Waals surface area contributed by atoms with E-state index in [-0.39, 0.29) is 12.2 Å². The third-order valence-electron chi connectivity index (χ3n) is 4.16. The van der Waals surface area contributed by atoms with Gasteiger partial charge in [-0.15, -0.1) is 4.99 Å². The average molecular weight is 335 g/mol. The molecule has 1 aliphatic heterocycles. The molecule has 5 nitrogen and oxygen atoms in total. The van der Waals surface area contributed by atoms with E-state index in [1.165, 1.54) is 19.3 Å². The van der Waals surface area contributed by atoms with E-state index in [0.717, 1.165) is 43.9 Å². The third kappa shape index (κ3) is 6.40. The number of likely N-dealkylation sites (tertiary alicyclic amines) is 1. The normalized spacial score (nSPS) is 17.5. The molecule has 2 N–H and O–H groups in total. The van der Waals surface area contributed by atoms with Gasteiger partial charge in [-0.3, -0.25) is 4.90 Å². The molecular weight excluding hydrogens is 304 g/mol. The highest BCUT2D eigenvalue weighted by atomic mass is 16.6. The van der Waals surface area contributed by atoms with E-state index in [4.69, 9.17) is 9.47 Å². The monoisotopic (exact) mass is 335 g/mol. The standard InChI is InChI=1S/C19H30N2O3/c1-3-4-14-23-18-11-7-6-10-17(18)20-19(22)24-16(2)15-21-12-8-5-9-13-21/h6-7,10-11,16H,3-5,8-9,12-15H2,1-2H3,(H,20,22)/p+1/t16-/m0/s1. The molecule has 1 aromatic rings. The molecule has 1 aliphatic rings. The van der Waals surface area contributed by atoms with Crippen LogP contribution in [-0.2, 0) is 4.74 Å². The highest BCUT2D eigenvalue weighted by Crippen LogP contribution is 2.18. The third-order valence-corrected chi connectivity index (χ3v) is 4.16. The van der Waals surface area contributed by atoms with Crippen LogP contribution in [0.3, 0.4) is 0 Å². The Balaban J connectivity index is 1.89. The summed E-state index contributed by atoms with van der Waals surface area (Å²) in [5, 5.41) is 10.1. The Morgan fingerprint density at radius 2 is 2.00 bits per heavy atom. The lowest BCUT2D eigenvalue weighted by atomic mass is 10.1. The smallest absolute Gasteiger partial charge is 0.487 e. The van der Waals surface area contributed by atoms with Crippen LogP contribution in [0.4, 0.5) is 5.69 Å². The number of ether oxygens (including phenoxy) is 2. The van der Waals surface area contributed by atoms with Gasteiger partial charge in [0.1, 0.15) is 6.10 Å². The van der Waals surface area contributed by atoms with Crippen LogP contribution in [0.15, 0.2) is 24.3 Å². The number of aliphatic hydroxyl groups excluding tert-OH is 1. The lowest BCUT2D eigenvalue weighted by Crippen LogP contribution is -2.67. The molecule has 5 heteroatoms. The molecule has 134 valence electrons. The van der Waals surface area contributed by atoms with Crippen LogP contribution in [0.5, 0.6) is 5.75 Å². The number of aliphatic hydroxyl groups is 1. The molecule has 0 bridgehead atoms. The van der Waals surface area contributed by atoms with Crippen molar-refractivity contribution in [2.45, 2.75) is 52.1 Å². The summed E-state index contributed by atoms with van der Waals surface area (Å²) < 4.78 is 11.4. The molecular formula is C19H31N2O3+. The fourth-order valence-electron chi connectivity index (χ4n) is 2.90. The minimum Gasteiger partial charge on any atom is -0.487 e. The molecule has 0 aromatic heterocycles. The summed E-state index contributed by atoms with van der Waals surface area (Å²) in [6, 6.07) is 7.58. The molecule has 0 amide bonds. The van der Waals surface area contributed by atoms with Crippen LogP contribution in [-0.4, -0.2) is 48.4 Å². The fraction of sp³-hybridized carbons (Fsp3) is 0.632. The van der Waals surface area contributed by atoms with Gasteiger partial charge in [-0.2, -0.15) is 0 Å². The fourth-order valence-corrected chi connectivity index (χ4v) is 2.90. The summed E-state index contributed by atoms with van der Waals surface area (Å²) in [6.45, 7) is 7.86. The number of benzene rings is 1. The summed E-state index contributed by atoms with van der Waals surface area (Å²) in [7, 11) is 0. The zero-order valence-corrected chi connectivity index (χ0v) is 15.0. The first-order valence-corrected chi connectivity index (χ1v) is 9.12. The summed E-state index contributed by atoms with van der Waals surface area (Å²) in [4.78, 5) is 5.30. The van der Waals surface area contributed by atoms with Crippen molar-refractivity contribution >= 4 is 11.8 Å². The molecule has 1 aromatic carbocycles. The van der Waals surface area contributed by atoms with E-state index in [1.54, 1.807) is 0 Å². The summed E-state index contributed by atoms with van der Waals surface area (Å²) >= 11 is 0. The van der Waals surface area contributed by atoms with Crippen molar-refractivity contribution < 1.29 is 19.6 Å². The largest absolute Gasteiger partial charge is 0.551 e. The Bertz CT molecular complexity index is 513. The molecule has 1 fully saturated rings. The van der Waals surface area contributed by atoms with Crippen molar-refractivity contribution in [1.82, 2.24) is 4.90 Å². The lowest BCUT2D eigenvalue weighted by molar-refractivity contribution is -0.384. The summed E-state index contributed by atoms with van der Waals surface area (Å²) in [5.74, 6) is 0.727. The van der Waals surface area contributed by atoms with Crippen LogP contribution in [0, 0.1) is 0 Å². The van der Waals surface area contributed by atoms with Gasteiger partial charge in [-0.05, 0) is 45.3 Å². The number of hydrogen-bond acceptors (Lipinski definition) is 3. The van der Waals surface area contributed by atoms with Gasteiger partial charge in [0, 0.05) is 12.6 Å². The molecule has 0 radical (unpaired) electrons. The van der Waals surface area contributed by atoms with Gasteiger partial charge in [0.25, 0.3) is 5.69 Å². The highest BCUT2D eigenvalue weighted by Gasteiger charge is 2.18. The average Bonchev–Trinajstić information content (AvgIpc) is 2.57. The Kier molecular flexibility index (Phi) is 7.89. The molecule has 0 unspecified atom stereocenters. The van der Waals surface area contributed by atoms with Crippen LogP contribution in [0.25, 0.3) is 0 Å². The van der Waals surface area contributed by atoms with Gasteiger partial charge in [-0.25, -0.2) is 0 Å². The topological polar surface area (TPSA) is 55.9 Å². The van der Waals surface area contributed by atoms with Gasteiger partial charge in [-0.1, -0.05) is 31.9 Å². The number of hydrogen-bond donors (Lipinski definition) is 2. The Hall–Kier alpha value is -1.75. The maximum Gasteiger partial charge on any atom is 0.551 e. The van der Waals surface area contributed by atoms with Gasteiger partial charge in [0.2, 0.25) is 0 Å². The number of piperidine rings is 1. The SMILES string of the molecule is CCCCOc1ccccc1[NH+]=C(O)O[C@@H](C)CN1CCCCC1. The maximum atomic E-state index is 10.1. The van der Waals surface area contributed by atoms with Gasteiger partial charge in [0.15, 0.2) is 5.75 Å². The van der Waals surface area contributed by atoms with Crippen LogP contribution < -0.4 is 9.73 Å². The Labute approximate surface area is 145 Å². The summed E-state index contributed by atoms with van der Waals surface area (Å²) in [5.41, 5.74) is 0.719. The van der Waals surface area contributed by atoms with Gasteiger partial charge >= 0.3 is 6.08 Å². The second kappa shape index (κ2) is 10.2. The first-order chi connectivity index (χ1) is 11.7. The molecule has 2 rings (SSSR count). The Morgan fingerprint density at radius 3 is 2.75 bits per heavy atom. The first kappa shape index (κ1) is 18.6. The number of unbranched alkanes of at least 4 members (excludes halogenated alkanes) is 1. The predicted octanol–water partition coefficient (Wildman–Crippen LogP) is 2.38. The Morgan fingerprint density at radius 1 is 1.25 bits per heavy atom. The van der Waals surface area contributed by atoms with E-state index in [9.17, 15) is 5.11 Å². The van der Waals surface area contributed by atoms with Crippen molar-refractivity contribution in [2.75, 3.05) is 26.2 Å². The minimum atomic E-state index is -0.175. The van der Waals surface area contributed by atoms with Crippen LogP contribution in [0.2, 0.25) is 0 Å². The van der Waals surface area contributed by atoms with Crippen molar-refractivity contribution in [3.63, 3.8) is 0 Å². The second-order valence-corrected chi connectivity index (χ2v) is 6.42. The number of rotatable bonds is 8. The predicted molar refractivity (Wildman–Crippen MR) is 95.9 cm³/mol. The lowest BCUT2D eigenvalue weighted by Gasteiger charge is -2.28.